The van der Waals surface area contributed by atoms with Gasteiger partial charge in [0.25, 0.3) is 0 Å². The molecule has 0 radical (unpaired) electrons. The quantitative estimate of drug-likeness (QED) is 0.733. The standard InChI is InChI=1S/C13H19N3O3S/c1-13(7-2-8-16-13)12(17)15-9-10-3-5-11(6-4-10)20(14,18)19/h3-6,16H,2,7-9H2,1H3,(H,15,17)(H2,14,18,19). The highest BCUT2D eigenvalue weighted by atomic mass is 32.2. The second-order valence-corrected chi connectivity index (χ2v) is 6.80. The minimum atomic E-state index is -3.67. The highest BCUT2D eigenvalue weighted by Gasteiger charge is 2.35. The first-order valence-corrected chi connectivity index (χ1v) is 8.01. The zero-order valence-electron chi connectivity index (χ0n) is 11.3. The molecule has 2 rings (SSSR count). The van der Waals surface area contributed by atoms with E-state index in [0.717, 1.165) is 24.9 Å². The van der Waals surface area contributed by atoms with Gasteiger partial charge in [-0.15, -0.1) is 0 Å². The molecule has 20 heavy (non-hydrogen) atoms. The first kappa shape index (κ1) is 15.0. The molecule has 0 bridgehead atoms. The van der Waals surface area contributed by atoms with Gasteiger partial charge in [0, 0.05) is 6.54 Å². The minimum absolute atomic E-state index is 0.0366. The van der Waals surface area contributed by atoms with E-state index in [0.29, 0.717) is 6.54 Å². The van der Waals surface area contributed by atoms with E-state index >= 15 is 0 Å². The summed E-state index contributed by atoms with van der Waals surface area (Å²) in [4.78, 5) is 12.1. The average molecular weight is 297 g/mol. The van der Waals surface area contributed by atoms with Crippen LogP contribution in [0.3, 0.4) is 0 Å². The van der Waals surface area contributed by atoms with Crippen LogP contribution in [0.25, 0.3) is 0 Å². The van der Waals surface area contributed by atoms with Crippen LogP contribution in [0.2, 0.25) is 0 Å². The Morgan fingerprint density at radius 1 is 1.40 bits per heavy atom. The summed E-state index contributed by atoms with van der Waals surface area (Å²) in [5.74, 6) is -0.0366. The molecule has 1 fully saturated rings. The number of hydrogen-bond donors (Lipinski definition) is 3. The number of amides is 1. The molecule has 4 N–H and O–H groups in total. The van der Waals surface area contributed by atoms with Gasteiger partial charge in [-0.3, -0.25) is 4.79 Å². The zero-order chi connectivity index (χ0) is 14.8. The monoisotopic (exact) mass is 297 g/mol. The van der Waals surface area contributed by atoms with E-state index in [4.69, 9.17) is 5.14 Å². The summed E-state index contributed by atoms with van der Waals surface area (Å²) in [6, 6.07) is 6.16. The Morgan fingerprint density at radius 3 is 2.55 bits per heavy atom. The summed E-state index contributed by atoms with van der Waals surface area (Å²) < 4.78 is 22.3. The molecule has 7 heteroatoms. The summed E-state index contributed by atoms with van der Waals surface area (Å²) in [6.07, 6.45) is 1.82. The molecule has 0 spiro atoms. The van der Waals surface area contributed by atoms with Crippen LogP contribution in [-0.2, 0) is 21.4 Å². The molecule has 1 amide bonds. The van der Waals surface area contributed by atoms with Gasteiger partial charge in [0.1, 0.15) is 0 Å². The predicted molar refractivity (Wildman–Crippen MR) is 75.3 cm³/mol. The van der Waals surface area contributed by atoms with Crippen molar-refractivity contribution in [3.05, 3.63) is 29.8 Å². The van der Waals surface area contributed by atoms with Gasteiger partial charge in [0.2, 0.25) is 15.9 Å². The average Bonchev–Trinajstić information content (AvgIpc) is 2.84. The Balaban J connectivity index is 1.96. The van der Waals surface area contributed by atoms with Crippen LogP contribution in [0.1, 0.15) is 25.3 Å². The van der Waals surface area contributed by atoms with Crippen molar-refractivity contribution in [2.75, 3.05) is 6.54 Å². The van der Waals surface area contributed by atoms with Crippen molar-refractivity contribution < 1.29 is 13.2 Å². The zero-order valence-corrected chi connectivity index (χ0v) is 12.2. The maximum Gasteiger partial charge on any atom is 0.240 e. The van der Waals surface area contributed by atoms with Gasteiger partial charge in [0.05, 0.1) is 10.4 Å². The number of rotatable bonds is 4. The van der Waals surface area contributed by atoms with Gasteiger partial charge in [-0.05, 0) is 44.0 Å². The number of benzene rings is 1. The number of carbonyl (C=O) groups is 1. The van der Waals surface area contributed by atoms with Crippen LogP contribution in [0.15, 0.2) is 29.2 Å². The van der Waals surface area contributed by atoms with Crippen molar-refractivity contribution >= 4 is 15.9 Å². The van der Waals surface area contributed by atoms with Gasteiger partial charge >= 0.3 is 0 Å². The lowest BCUT2D eigenvalue weighted by Crippen LogP contribution is -2.50. The van der Waals surface area contributed by atoms with E-state index < -0.39 is 15.6 Å². The molecule has 1 heterocycles. The number of nitrogens with two attached hydrogens (primary N) is 1. The van der Waals surface area contributed by atoms with Crippen LogP contribution in [-0.4, -0.2) is 26.4 Å². The molecule has 0 saturated carbocycles. The molecule has 0 aromatic heterocycles. The van der Waals surface area contributed by atoms with Crippen LogP contribution in [0.5, 0.6) is 0 Å². The van der Waals surface area contributed by atoms with E-state index in [-0.39, 0.29) is 10.8 Å². The normalized spacial score (nSPS) is 22.7. The molecule has 1 atom stereocenters. The van der Waals surface area contributed by atoms with E-state index in [9.17, 15) is 13.2 Å². The lowest BCUT2D eigenvalue weighted by molar-refractivity contribution is -0.126. The molecule has 1 aromatic rings. The molecule has 0 aliphatic carbocycles. The van der Waals surface area contributed by atoms with Crippen LogP contribution in [0.4, 0.5) is 0 Å². The lowest BCUT2D eigenvalue weighted by Gasteiger charge is -2.23. The van der Waals surface area contributed by atoms with Gasteiger partial charge in [-0.25, -0.2) is 13.6 Å². The first-order chi connectivity index (χ1) is 9.31. The van der Waals surface area contributed by atoms with Crippen molar-refractivity contribution in [3.8, 4) is 0 Å². The number of sulfonamides is 1. The smallest absolute Gasteiger partial charge is 0.240 e. The molecule has 1 saturated heterocycles. The highest BCUT2D eigenvalue weighted by molar-refractivity contribution is 7.89. The van der Waals surface area contributed by atoms with E-state index in [1.807, 2.05) is 6.92 Å². The summed E-state index contributed by atoms with van der Waals surface area (Å²) in [6.45, 7) is 3.10. The van der Waals surface area contributed by atoms with Gasteiger partial charge < -0.3 is 10.6 Å². The Kier molecular flexibility index (Phi) is 4.12. The second-order valence-electron chi connectivity index (χ2n) is 5.23. The summed E-state index contributed by atoms with van der Waals surface area (Å²) in [7, 11) is -3.67. The molecule has 6 nitrogen and oxygen atoms in total. The third-order valence-electron chi connectivity index (χ3n) is 3.57. The fourth-order valence-electron chi connectivity index (χ4n) is 2.26. The van der Waals surface area contributed by atoms with Crippen LogP contribution in [0, 0.1) is 0 Å². The van der Waals surface area contributed by atoms with E-state index in [2.05, 4.69) is 10.6 Å². The van der Waals surface area contributed by atoms with Crippen LogP contribution >= 0.6 is 0 Å². The topological polar surface area (TPSA) is 101 Å². The molecule has 1 aromatic carbocycles. The van der Waals surface area contributed by atoms with Crippen molar-refractivity contribution in [3.63, 3.8) is 0 Å². The summed E-state index contributed by atoms with van der Waals surface area (Å²) in [5, 5.41) is 11.1. The summed E-state index contributed by atoms with van der Waals surface area (Å²) >= 11 is 0. The molecule has 1 aliphatic rings. The largest absolute Gasteiger partial charge is 0.350 e. The lowest BCUT2D eigenvalue weighted by atomic mass is 9.99. The highest BCUT2D eigenvalue weighted by Crippen LogP contribution is 2.18. The Morgan fingerprint density at radius 2 is 2.05 bits per heavy atom. The molecular weight excluding hydrogens is 278 g/mol. The Hall–Kier alpha value is -1.44. The Bertz CT molecular complexity index is 590. The first-order valence-electron chi connectivity index (χ1n) is 6.46. The third kappa shape index (κ3) is 3.36. The summed E-state index contributed by atoms with van der Waals surface area (Å²) in [5.41, 5.74) is 0.327. The number of primary sulfonamides is 1. The maximum atomic E-state index is 12.1. The predicted octanol–water partition coefficient (Wildman–Crippen LogP) is 0.0923. The van der Waals surface area contributed by atoms with Crippen LogP contribution < -0.4 is 15.8 Å². The molecule has 1 unspecified atom stereocenters. The van der Waals surface area contributed by atoms with Crippen molar-refractivity contribution in [1.29, 1.82) is 0 Å². The van der Waals surface area contributed by atoms with Crippen molar-refractivity contribution in [2.24, 2.45) is 5.14 Å². The van der Waals surface area contributed by atoms with Crippen molar-refractivity contribution in [2.45, 2.75) is 36.7 Å². The second kappa shape index (κ2) is 5.51. The number of hydrogen-bond acceptors (Lipinski definition) is 4. The van der Waals surface area contributed by atoms with E-state index in [1.54, 1.807) is 12.1 Å². The molecular formula is C13H19N3O3S. The third-order valence-corrected chi connectivity index (χ3v) is 4.50. The maximum absolute atomic E-state index is 12.1. The fraction of sp³-hybridized carbons (Fsp3) is 0.462. The minimum Gasteiger partial charge on any atom is -0.350 e. The molecule has 1 aliphatic heterocycles. The Labute approximate surface area is 118 Å². The number of nitrogens with one attached hydrogen (secondary N) is 2. The van der Waals surface area contributed by atoms with Gasteiger partial charge in [0.15, 0.2) is 0 Å². The van der Waals surface area contributed by atoms with E-state index in [1.165, 1.54) is 12.1 Å². The van der Waals surface area contributed by atoms with Gasteiger partial charge in [-0.1, -0.05) is 12.1 Å². The SMILES string of the molecule is CC1(C(=O)NCc2ccc(S(N)(=O)=O)cc2)CCCN1. The number of carbonyl (C=O) groups excluding carboxylic acids is 1. The van der Waals surface area contributed by atoms with Gasteiger partial charge in [-0.2, -0.15) is 0 Å². The molecule has 110 valence electrons. The van der Waals surface area contributed by atoms with Crippen molar-refractivity contribution in [1.82, 2.24) is 10.6 Å². The fourth-order valence-corrected chi connectivity index (χ4v) is 2.78.